The van der Waals surface area contributed by atoms with Crippen molar-refractivity contribution in [1.29, 1.82) is 0 Å². The fraction of sp³-hybridized carbons (Fsp3) is 0.174. The maximum absolute atomic E-state index is 12.1. The van der Waals surface area contributed by atoms with Crippen LogP contribution in [0.4, 0.5) is 5.69 Å². The van der Waals surface area contributed by atoms with Crippen LogP contribution in [0.3, 0.4) is 0 Å². The first-order valence-electron chi connectivity index (χ1n) is 10.1. The Labute approximate surface area is 178 Å². The number of fused-ring (bicyclic) bond motifs is 2. The third kappa shape index (κ3) is 3.75. The predicted molar refractivity (Wildman–Crippen MR) is 120 cm³/mol. The van der Waals surface area contributed by atoms with E-state index >= 15 is 0 Å². The van der Waals surface area contributed by atoms with Crippen molar-refractivity contribution in [3.8, 4) is 22.5 Å². The minimum absolute atomic E-state index is 0.0204. The minimum Gasteiger partial charge on any atom is -0.353 e. The molecule has 0 aliphatic rings. The molecule has 5 rings (SSSR count). The number of nitrogens with zero attached hydrogens (tertiary/aromatic N) is 4. The maximum Gasteiger partial charge on any atom is 0.224 e. The van der Waals surface area contributed by atoms with E-state index in [1.807, 2.05) is 44.3 Å². The van der Waals surface area contributed by atoms with Gasteiger partial charge in [0.2, 0.25) is 5.91 Å². The van der Waals surface area contributed by atoms with Crippen molar-refractivity contribution < 1.29 is 4.79 Å². The first-order valence-corrected chi connectivity index (χ1v) is 10.1. The first-order chi connectivity index (χ1) is 15.1. The van der Waals surface area contributed by atoms with Gasteiger partial charge < -0.3 is 10.3 Å². The third-order valence-corrected chi connectivity index (χ3v) is 5.04. The van der Waals surface area contributed by atoms with Gasteiger partial charge >= 0.3 is 0 Å². The topological polar surface area (TPSA) is 112 Å². The van der Waals surface area contributed by atoms with Gasteiger partial charge in [-0.25, -0.2) is 4.98 Å². The van der Waals surface area contributed by atoms with Gasteiger partial charge in [-0.15, -0.1) is 0 Å². The second kappa shape index (κ2) is 7.64. The van der Waals surface area contributed by atoms with Crippen molar-refractivity contribution in [3.05, 3.63) is 55.2 Å². The second-order valence-electron chi connectivity index (χ2n) is 7.95. The summed E-state index contributed by atoms with van der Waals surface area (Å²) >= 11 is 0. The smallest absolute Gasteiger partial charge is 0.224 e. The number of aromatic nitrogens is 6. The van der Waals surface area contributed by atoms with Gasteiger partial charge in [0.1, 0.15) is 5.69 Å². The lowest BCUT2D eigenvalue weighted by atomic mass is 10.1. The zero-order valence-corrected chi connectivity index (χ0v) is 17.2. The van der Waals surface area contributed by atoms with Crippen LogP contribution in [-0.2, 0) is 4.79 Å². The average Bonchev–Trinajstić information content (AvgIpc) is 3.36. The number of pyridine rings is 3. The molecule has 8 heteroatoms. The van der Waals surface area contributed by atoms with Gasteiger partial charge in [-0.05, 0) is 30.2 Å². The van der Waals surface area contributed by atoms with Crippen LogP contribution in [0.25, 0.3) is 44.5 Å². The highest BCUT2D eigenvalue weighted by Crippen LogP contribution is 2.31. The molecule has 0 fully saturated rings. The van der Waals surface area contributed by atoms with Crippen LogP contribution in [0, 0.1) is 5.92 Å². The third-order valence-electron chi connectivity index (χ3n) is 5.04. The van der Waals surface area contributed by atoms with E-state index in [1.165, 1.54) is 0 Å². The van der Waals surface area contributed by atoms with Crippen molar-refractivity contribution in [2.75, 3.05) is 5.32 Å². The SMILES string of the molecule is CC(C)CC(=O)Nc1cncc(-c2cnc3[nH]nc(-c4cc5cnccc5[nH]4)c3c2)c1. The quantitative estimate of drug-likeness (QED) is 0.393. The molecule has 0 aliphatic carbocycles. The Morgan fingerprint density at radius 2 is 1.94 bits per heavy atom. The molecular formula is C23H21N7O. The van der Waals surface area contributed by atoms with Gasteiger partial charge in [-0.1, -0.05) is 13.8 Å². The molecule has 31 heavy (non-hydrogen) atoms. The normalized spacial score (nSPS) is 11.5. The Hall–Kier alpha value is -4.07. The number of carbonyl (C=O) groups excluding carboxylic acids is 1. The summed E-state index contributed by atoms with van der Waals surface area (Å²) in [4.78, 5) is 28.5. The number of amides is 1. The largest absolute Gasteiger partial charge is 0.353 e. The van der Waals surface area contributed by atoms with E-state index in [0.717, 1.165) is 38.8 Å². The highest BCUT2D eigenvalue weighted by molar-refractivity contribution is 5.96. The van der Waals surface area contributed by atoms with E-state index in [1.54, 1.807) is 24.8 Å². The summed E-state index contributed by atoms with van der Waals surface area (Å²) in [5, 5.41) is 12.3. The number of nitrogens with one attached hydrogen (secondary N) is 3. The summed E-state index contributed by atoms with van der Waals surface area (Å²) in [7, 11) is 0. The van der Waals surface area contributed by atoms with Crippen molar-refractivity contribution in [2.45, 2.75) is 20.3 Å². The lowest BCUT2D eigenvalue weighted by Crippen LogP contribution is -2.13. The average molecular weight is 411 g/mol. The molecule has 5 aromatic heterocycles. The summed E-state index contributed by atoms with van der Waals surface area (Å²) in [6, 6.07) is 7.89. The lowest BCUT2D eigenvalue weighted by Gasteiger charge is -2.08. The predicted octanol–water partition coefficient (Wildman–Crippen LogP) is 4.55. The van der Waals surface area contributed by atoms with Crippen molar-refractivity contribution in [1.82, 2.24) is 30.1 Å². The number of rotatable bonds is 5. The van der Waals surface area contributed by atoms with E-state index in [4.69, 9.17) is 0 Å². The van der Waals surface area contributed by atoms with Gasteiger partial charge in [-0.2, -0.15) is 5.10 Å². The molecule has 0 unspecified atom stereocenters. The van der Waals surface area contributed by atoms with Crippen LogP contribution >= 0.6 is 0 Å². The van der Waals surface area contributed by atoms with Gasteiger partial charge in [-0.3, -0.25) is 19.9 Å². The van der Waals surface area contributed by atoms with Gasteiger partial charge in [0.05, 0.1) is 17.6 Å². The standard InChI is InChI=1S/C23H21N7O/c1-13(2)5-21(31)27-17-6-14(9-25-12-17)15-7-18-22(29-30-23(18)26-11-15)20-8-16-10-24-4-3-19(16)28-20/h3-4,6-13,28H,5H2,1-2H3,(H,27,31)(H,26,29,30). The maximum atomic E-state index is 12.1. The summed E-state index contributed by atoms with van der Waals surface area (Å²) in [6.07, 6.45) is 9.22. The molecule has 5 heterocycles. The van der Waals surface area contributed by atoms with Crippen LogP contribution in [0.1, 0.15) is 20.3 Å². The number of hydrogen-bond donors (Lipinski definition) is 3. The molecule has 0 aromatic carbocycles. The van der Waals surface area contributed by atoms with Crippen molar-refractivity contribution in [3.63, 3.8) is 0 Å². The molecule has 0 aliphatic heterocycles. The molecule has 0 radical (unpaired) electrons. The number of anilines is 1. The van der Waals surface area contributed by atoms with E-state index in [0.29, 0.717) is 23.7 Å². The molecule has 0 saturated carbocycles. The summed E-state index contributed by atoms with van der Waals surface area (Å²) in [5.74, 6) is 0.274. The molecule has 3 N–H and O–H groups in total. The van der Waals surface area contributed by atoms with Crippen molar-refractivity contribution in [2.24, 2.45) is 5.92 Å². The Balaban J connectivity index is 1.51. The number of aromatic amines is 2. The fourth-order valence-electron chi connectivity index (χ4n) is 3.62. The number of carbonyl (C=O) groups is 1. The van der Waals surface area contributed by atoms with Crippen LogP contribution in [0.5, 0.6) is 0 Å². The van der Waals surface area contributed by atoms with E-state index in [9.17, 15) is 4.79 Å². The van der Waals surface area contributed by atoms with Gasteiger partial charge in [0.25, 0.3) is 0 Å². The first kappa shape index (κ1) is 18.9. The van der Waals surface area contributed by atoms with Gasteiger partial charge in [0, 0.05) is 58.6 Å². The molecule has 0 atom stereocenters. The van der Waals surface area contributed by atoms with Crippen LogP contribution in [0.15, 0.2) is 55.2 Å². The van der Waals surface area contributed by atoms with Crippen LogP contribution in [0.2, 0.25) is 0 Å². The molecule has 8 nitrogen and oxygen atoms in total. The van der Waals surface area contributed by atoms with E-state index in [-0.39, 0.29) is 5.91 Å². The van der Waals surface area contributed by atoms with Crippen LogP contribution in [-0.4, -0.2) is 36.0 Å². The zero-order valence-electron chi connectivity index (χ0n) is 17.2. The molecule has 0 saturated heterocycles. The fourth-order valence-corrected chi connectivity index (χ4v) is 3.62. The number of H-pyrrole nitrogens is 2. The van der Waals surface area contributed by atoms with E-state index in [2.05, 4.69) is 35.5 Å². The summed E-state index contributed by atoms with van der Waals surface area (Å²) in [6.45, 7) is 4.03. The highest BCUT2D eigenvalue weighted by atomic mass is 16.1. The summed E-state index contributed by atoms with van der Waals surface area (Å²) in [5.41, 5.74) is 5.80. The van der Waals surface area contributed by atoms with E-state index < -0.39 is 0 Å². The number of hydrogen-bond acceptors (Lipinski definition) is 5. The van der Waals surface area contributed by atoms with Crippen molar-refractivity contribution >= 4 is 33.5 Å². The lowest BCUT2D eigenvalue weighted by molar-refractivity contribution is -0.116. The molecule has 1 amide bonds. The molecule has 0 spiro atoms. The molecular weight excluding hydrogens is 390 g/mol. The minimum atomic E-state index is -0.0204. The van der Waals surface area contributed by atoms with Gasteiger partial charge in [0.15, 0.2) is 5.65 Å². The molecule has 0 bridgehead atoms. The molecule has 154 valence electrons. The highest BCUT2D eigenvalue weighted by Gasteiger charge is 2.14. The Morgan fingerprint density at radius 3 is 2.77 bits per heavy atom. The molecule has 5 aromatic rings. The zero-order chi connectivity index (χ0) is 21.4. The second-order valence-corrected chi connectivity index (χ2v) is 7.95. The Kier molecular flexibility index (Phi) is 4.66. The monoisotopic (exact) mass is 411 g/mol. The Bertz CT molecular complexity index is 1370. The summed E-state index contributed by atoms with van der Waals surface area (Å²) < 4.78 is 0. The Morgan fingerprint density at radius 1 is 1.06 bits per heavy atom. The van der Waals surface area contributed by atoms with Crippen LogP contribution < -0.4 is 5.32 Å².